The second kappa shape index (κ2) is 5.97. The van der Waals surface area contributed by atoms with Crippen LogP contribution in [0.25, 0.3) is 11.2 Å². The molecule has 4 N–H and O–H groups in total. The summed E-state index contributed by atoms with van der Waals surface area (Å²) in [6.45, 7) is 3.53. The topological polar surface area (TPSA) is 129 Å². The SMILES string of the molecule is C=CCOC1C(CO)OC(n2cnc3c(N)ncnc32)C1O. The van der Waals surface area contributed by atoms with Gasteiger partial charge in [-0.1, -0.05) is 6.08 Å². The zero-order chi connectivity index (χ0) is 15.7. The van der Waals surface area contributed by atoms with Crippen molar-refractivity contribution in [1.82, 2.24) is 19.5 Å². The third-order valence-electron chi connectivity index (χ3n) is 3.56. The lowest BCUT2D eigenvalue weighted by Gasteiger charge is -2.19. The maximum absolute atomic E-state index is 10.5. The number of anilines is 1. The molecule has 3 heterocycles. The van der Waals surface area contributed by atoms with E-state index in [-0.39, 0.29) is 19.0 Å². The first kappa shape index (κ1) is 14.9. The molecule has 2 aromatic heterocycles. The maximum Gasteiger partial charge on any atom is 0.167 e. The molecule has 1 saturated heterocycles. The number of aliphatic hydroxyl groups is 2. The van der Waals surface area contributed by atoms with Gasteiger partial charge in [0.1, 0.15) is 30.2 Å². The Morgan fingerprint density at radius 2 is 2.27 bits per heavy atom. The van der Waals surface area contributed by atoms with Crippen molar-refractivity contribution in [2.45, 2.75) is 24.5 Å². The minimum absolute atomic E-state index is 0.244. The third kappa shape index (κ3) is 2.33. The van der Waals surface area contributed by atoms with Gasteiger partial charge in [-0.05, 0) is 0 Å². The minimum atomic E-state index is -0.995. The maximum atomic E-state index is 10.5. The van der Waals surface area contributed by atoms with Gasteiger partial charge in [-0.15, -0.1) is 6.58 Å². The van der Waals surface area contributed by atoms with Crippen molar-refractivity contribution in [2.75, 3.05) is 18.9 Å². The Balaban J connectivity index is 1.93. The fourth-order valence-corrected chi connectivity index (χ4v) is 2.54. The number of hydrogen-bond acceptors (Lipinski definition) is 8. The highest BCUT2D eigenvalue weighted by molar-refractivity contribution is 5.81. The molecule has 4 unspecified atom stereocenters. The highest BCUT2D eigenvalue weighted by Crippen LogP contribution is 2.33. The molecule has 0 saturated carbocycles. The first-order chi connectivity index (χ1) is 10.7. The van der Waals surface area contributed by atoms with Crippen LogP contribution in [0.2, 0.25) is 0 Å². The standard InChI is InChI=1S/C13H17N5O4/c1-2-3-21-10-7(4-19)22-13(9(10)20)18-6-17-8-11(14)15-5-16-12(8)18/h2,5-7,9-10,13,19-20H,1,3-4H2,(H2,14,15,16). The molecule has 1 fully saturated rings. The Bertz CT molecular complexity index is 675. The van der Waals surface area contributed by atoms with Crippen molar-refractivity contribution < 1.29 is 19.7 Å². The lowest BCUT2D eigenvalue weighted by atomic mass is 10.1. The molecule has 0 amide bonds. The number of nitrogens with two attached hydrogens (primary N) is 1. The smallest absolute Gasteiger partial charge is 0.167 e. The third-order valence-corrected chi connectivity index (χ3v) is 3.56. The van der Waals surface area contributed by atoms with Gasteiger partial charge >= 0.3 is 0 Å². The second-order valence-corrected chi connectivity index (χ2v) is 4.91. The predicted molar refractivity (Wildman–Crippen MR) is 76.7 cm³/mol. The van der Waals surface area contributed by atoms with Crippen molar-refractivity contribution in [2.24, 2.45) is 0 Å². The molecule has 3 rings (SSSR count). The molecule has 1 aliphatic heterocycles. The highest BCUT2D eigenvalue weighted by atomic mass is 16.6. The molecule has 4 atom stereocenters. The number of nitrogen functional groups attached to an aromatic ring is 1. The average Bonchev–Trinajstić information content (AvgIpc) is 3.07. The number of imidazole rings is 1. The van der Waals surface area contributed by atoms with E-state index in [1.54, 1.807) is 10.6 Å². The number of rotatable bonds is 5. The number of hydrogen-bond donors (Lipinski definition) is 3. The molecule has 118 valence electrons. The van der Waals surface area contributed by atoms with Crippen molar-refractivity contribution >= 4 is 17.0 Å². The average molecular weight is 307 g/mol. The number of fused-ring (bicyclic) bond motifs is 1. The molecule has 0 radical (unpaired) electrons. The van der Waals surface area contributed by atoms with Gasteiger partial charge in [0.25, 0.3) is 0 Å². The summed E-state index contributed by atoms with van der Waals surface area (Å²) in [6, 6.07) is 0. The summed E-state index contributed by atoms with van der Waals surface area (Å²) < 4.78 is 12.7. The Hall–Kier alpha value is -2.07. The fraction of sp³-hybridized carbons (Fsp3) is 0.462. The molecule has 22 heavy (non-hydrogen) atoms. The summed E-state index contributed by atoms with van der Waals surface area (Å²) in [6.07, 6.45) is 1.23. The normalized spacial score (nSPS) is 28.3. The van der Waals surface area contributed by atoms with Crippen LogP contribution in [0.4, 0.5) is 5.82 Å². The van der Waals surface area contributed by atoms with E-state index in [1.165, 1.54) is 12.7 Å². The van der Waals surface area contributed by atoms with Gasteiger partial charge in [0.15, 0.2) is 17.7 Å². The summed E-state index contributed by atoms with van der Waals surface area (Å²) in [5.41, 5.74) is 6.61. The van der Waals surface area contributed by atoms with E-state index < -0.39 is 24.5 Å². The van der Waals surface area contributed by atoms with E-state index in [4.69, 9.17) is 15.2 Å². The van der Waals surface area contributed by atoms with Gasteiger partial charge < -0.3 is 25.4 Å². The molecular weight excluding hydrogens is 290 g/mol. The molecule has 2 aromatic rings. The number of aromatic nitrogens is 4. The Kier molecular flexibility index (Phi) is 4.03. The second-order valence-electron chi connectivity index (χ2n) is 4.91. The van der Waals surface area contributed by atoms with Gasteiger partial charge in [0.2, 0.25) is 0 Å². The van der Waals surface area contributed by atoms with E-state index in [1.807, 2.05) is 0 Å². The first-order valence-corrected chi connectivity index (χ1v) is 6.77. The zero-order valence-electron chi connectivity index (χ0n) is 11.7. The lowest BCUT2D eigenvalue weighted by molar-refractivity contribution is -0.0565. The summed E-state index contributed by atoms with van der Waals surface area (Å²) in [7, 11) is 0. The van der Waals surface area contributed by atoms with E-state index in [0.29, 0.717) is 11.2 Å². The van der Waals surface area contributed by atoms with Crippen molar-refractivity contribution in [1.29, 1.82) is 0 Å². The fourth-order valence-electron chi connectivity index (χ4n) is 2.54. The van der Waals surface area contributed by atoms with Gasteiger partial charge in [-0.2, -0.15) is 0 Å². The van der Waals surface area contributed by atoms with E-state index in [0.717, 1.165) is 0 Å². The van der Waals surface area contributed by atoms with Crippen molar-refractivity contribution in [3.63, 3.8) is 0 Å². The quantitative estimate of drug-likeness (QED) is 0.614. The van der Waals surface area contributed by atoms with Crippen molar-refractivity contribution in [3.05, 3.63) is 25.3 Å². The summed E-state index contributed by atoms with van der Waals surface area (Å²) in [5.74, 6) is 0.245. The Morgan fingerprint density at radius 3 is 3.00 bits per heavy atom. The molecule has 0 bridgehead atoms. The van der Waals surface area contributed by atoms with Crippen LogP contribution in [0, 0.1) is 0 Å². The molecule has 0 spiro atoms. The molecule has 9 nitrogen and oxygen atoms in total. The van der Waals surface area contributed by atoms with Crippen LogP contribution in [0.5, 0.6) is 0 Å². The van der Waals surface area contributed by atoms with Crippen LogP contribution < -0.4 is 5.73 Å². The molecule has 0 aliphatic carbocycles. The summed E-state index contributed by atoms with van der Waals surface area (Å²) in [4.78, 5) is 12.1. The van der Waals surface area contributed by atoms with Gasteiger partial charge in [0, 0.05) is 0 Å². The summed E-state index contributed by atoms with van der Waals surface area (Å²) >= 11 is 0. The lowest BCUT2D eigenvalue weighted by Crippen LogP contribution is -2.36. The predicted octanol–water partition coefficient (Wildman–Crippen LogP) is -0.770. The first-order valence-electron chi connectivity index (χ1n) is 6.77. The number of ether oxygens (including phenoxy) is 2. The highest BCUT2D eigenvalue weighted by Gasteiger charge is 2.45. The van der Waals surface area contributed by atoms with Gasteiger partial charge in [-0.3, -0.25) is 4.57 Å². The zero-order valence-corrected chi connectivity index (χ0v) is 11.7. The number of nitrogens with zero attached hydrogens (tertiary/aromatic N) is 4. The van der Waals surface area contributed by atoms with Crippen LogP contribution in [-0.2, 0) is 9.47 Å². The summed E-state index contributed by atoms with van der Waals surface area (Å²) in [5, 5.41) is 19.9. The van der Waals surface area contributed by atoms with E-state index in [2.05, 4.69) is 21.5 Å². The van der Waals surface area contributed by atoms with E-state index >= 15 is 0 Å². The van der Waals surface area contributed by atoms with Gasteiger partial charge in [-0.25, -0.2) is 15.0 Å². The Morgan fingerprint density at radius 1 is 1.45 bits per heavy atom. The van der Waals surface area contributed by atoms with Crippen molar-refractivity contribution in [3.8, 4) is 0 Å². The minimum Gasteiger partial charge on any atom is -0.394 e. The number of aliphatic hydroxyl groups excluding tert-OH is 2. The molecular formula is C13H17N5O4. The van der Waals surface area contributed by atoms with E-state index in [9.17, 15) is 10.2 Å². The Labute approximate surface area is 126 Å². The molecule has 9 heteroatoms. The monoisotopic (exact) mass is 307 g/mol. The van der Waals surface area contributed by atoms with Crippen LogP contribution in [0.15, 0.2) is 25.3 Å². The van der Waals surface area contributed by atoms with Crippen LogP contribution in [0.3, 0.4) is 0 Å². The van der Waals surface area contributed by atoms with Gasteiger partial charge in [0.05, 0.1) is 19.5 Å². The molecule has 0 aromatic carbocycles. The largest absolute Gasteiger partial charge is 0.394 e. The van der Waals surface area contributed by atoms with Crippen LogP contribution in [0.1, 0.15) is 6.23 Å². The van der Waals surface area contributed by atoms with Crippen LogP contribution in [-0.4, -0.2) is 61.3 Å². The molecule has 1 aliphatic rings. The van der Waals surface area contributed by atoms with Crippen LogP contribution >= 0.6 is 0 Å².